The lowest BCUT2D eigenvalue weighted by molar-refractivity contribution is 0.270. The van der Waals surface area contributed by atoms with E-state index in [1.165, 1.54) is 0 Å². The number of aliphatic hydroxyl groups excluding tert-OH is 1. The Labute approximate surface area is 78.7 Å². The molecule has 68 valence electrons. The molecule has 0 aliphatic carbocycles. The molecule has 0 fully saturated rings. The van der Waals surface area contributed by atoms with Gasteiger partial charge >= 0.3 is 0 Å². The van der Waals surface area contributed by atoms with Crippen LogP contribution in [-0.4, -0.2) is 16.0 Å². The van der Waals surface area contributed by atoms with Gasteiger partial charge in [-0.3, -0.25) is 0 Å². The molecule has 0 heterocycles. The summed E-state index contributed by atoms with van der Waals surface area (Å²) in [4.78, 5) is 0. The highest BCUT2D eigenvalue weighted by Gasteiger charge is 2.21. The Morgan fingerprint density at radius 2 is 1.91 bits per heavy atom. The smallest absolute Gasteiger partial charge is 0.141 e. The van der Waals surface area contributed by atoms with Crippen molar-refractivity contribution < 1.29 is 5.11 Å². The van der Waals surface area contributed by atoms with Gasteiger partial charge in [-0.15, -0.1) is 0 Å². The second-order valence-electron chi connectivity index (χ2n) is 3.30. The van der Waals surface area contributed by atoms with E-state index in [4.69, 9.17) is 28.3 Å². The summed E-state index contributed by atoms with van der Waals surface area (Å²) in [5, 5.41) is 8.70. The van der Waals surface area contributed by atoms with Crippen LogP contribution in [-0.2, 0) is 0 Å². The molecule has 1 N–H and O–H groups in total. The monoisotopic (exact) mass is 198 g/mol. The number of alkyl halides is 2. The quantitative estimate of drug-likeness (QED) is 0.675. The van der Waals surface area contributed by atoms with Crippen LogP contribution in [0.4, 0.5) is 0 Å². The molecule has 0 saturated heterocycles. The summed E-state index contributed by atoms with van der Waals surface area (Å²) in [5.74, 6) is 0.679. The van der Waals surface area contributed by atoms with Crippen molar-refractivity contribution in [2.75, 3.05) is 6.61 Å². The van der Waals surface area contributed by atoms with Gasteiger partial charge in [-0.25, -0.2) is 0 Å². The second kappa shape index (κ2) is 5.23. The fourth-order valence-corrected chi connectivity index (χ4v) is 1.12. The van der Waals surface area contributed by atoms with E-state index in [1.807, 2.05) is 0 Å². The molecule has 0 bridgehead atoms. The third-order valence-corrected chi connectivity index (χ3v) is 2.17. The number of rotatable bonds is 5. The highest BCUT2D eigenvalue weighted by molar-refractivity contribution is 6.48. The van der Waals surface area contributed by atoms with E-state index < -0.39 is 4.33 Å². The molecular formula is C8H16Cl2O. The highest BCUT2D eigenvalue weighted by Crippen LogP contribution is 2.27. The Kier molecular flexibility index (Phi) is 5.49. The number of hydrogen-bond acceptors (Lipinski definition) is 1. The fourth-order valence-electron chi connectivity index (χ4n) is 0.848. The first kappa shape index (κ1) is 11.5. The molecule has 0 aliphatic heterocycles. The van der Waals surface area contributed by atoms with Crippen LogP contribution in [0.2, 0.25) is 0 Å². The van der Waals surface area contributed by atoms with Crippen LogP contribution in [0.5, 0.6) is 0 Å². The molecule has 0 aromatic heterocycles. The SMILES string of the molecule is CC(C)CCCC(Cl)(Cl)CO. The standard InChI is InChI=1S/C8H16Cl2O/c1-7(2)4-3-5-8(9,10)6-11/h7,11H,3-6H2,1-2H3. The molecule has 0 saturated carbocycles. The Bertz CT molecular complexity index is 102. The van der Waals surface area contributed by atoms with Gasteiger partial charge in [0.2, 0.25) is 0 Å². The minimum atomic E-state index is -0.922. The van der Waals surface area contributed by atoms with Gasteiger partial charge in [0.15, 0.2) is 0 Å². The van der Waals surface area contributed by atoms with E-state index in [0.717, 1.165) is 12.8 Å². The average molecular weight is 199 g/mol. The Morgan fingerprint density at radius 3 is 2.27 bits per heavy atom. The largest absolute Gasteiger partial charge is 0.393 e. The third-order valence-electron chi connectivity index (χ3n) is 1.56. The minimum Gasteiger partial charge on any atom is -0.393 e. The molecule has 0 aromatic carbocycles. The van der Waals surface area contributed by atoms with Crippen molar-refractivity contribution in [2.24, 2.45) is 5.92 Å². The van der Waals surface area contributed by atoms with Crippen molar-refractivity contribution >= 4 is 23.2 Å². The molecule has 0 amide bonds. The third kappa shape index (κ3) is 6.92. The summed E-state index contributed by atoms with van der Waals surface area (Å²) >= 11 is 11.4. The fraction of sp³-hybridized carbons (Fsp3) is 1.00. The lowest BCUT2D eigenvalue weighted by Crippen LogP contribution is -2.17. The summed E-state index contributed by atoms with van der Waals surface area (Å²) in [6.07, 6.45) is 2.76. The van der Waals surface area contributed by atoms with E-state index >= 15 is 0 Å². The molecule has 0 radical (unpaired) electrons. The first-order valence-corrected chi connectivity index (χ1v) is 4.72. The maximum Gasteiger partial charge on any atom is 0.141 e. The van der Waals surface area contributed by atoms with Crippen LogP contribution in [0.15, 0.2) is 0 Å². The molecule has 11 heavy (non-hydrogen) atoms. The summed E-state index contributed by atoms with van der Waals surface area (Å²) in [7, 11) is 0. The van der Waals surface area contributed by atoms with Crippen molar-refractivity contribution in [3.63, 3.8) is 0 Å². The van der Waals surface area contributed by atoms with E-state index in [2.05, 4.69) is 13.8 Å². The van der Waals surface area contributed by atoms with Gasteiger partial charge in [-0.1, -0.05) is 49.9 Å². The maximum atomic E-state index is 8.70. The van der Waals surface area contributed by atoms with Crippen LogP contribution in [0.1, 0.15) is 33.1 Å². The molecule has 0 unspecified atom stereocenters. The predicted molar refractivity (Wildman–Crippen MR) is 50.2 cm³/mol. The zero-order valence-corrected chi connectivity index (χ0v) is 8.62. The van der Waals surface area contributed by atoms with Crippen LogP contribution in [0.3, 0.4) is 0 Å². The number of hydrogen-bond donors (Lipinski definition) is 1. The molecule has 0 aromatic rings. The maximum absolute atomic E-state index is 8.70. The lowest BCUT2D eigenvalue weighted by Gasteiger charge is -2.16. The molecule has 1 nitrogen and oxygen atoms in total. The predicted octanol–water partition coefficient (Wildman–Crippen LogP) is 2.98. The van der Waals surface area contributed by atoms with Crippen LogP contribution < -0.4 is 0 Å². The second-order valence-corrected chi connectivity index (χ2v) is 4.94. The van der Waals surface area contributed by atoms with Gasteiger partial charge in [-0.05, 0) is 12.3 Å². The number of halogens is 2. The summed E-state index contributed by atoms with van der Waals surface area (Å²) in [5.41, 5.74) is 0. The molecule has 0 rings (SSSR count). The van der Waals surface area contributed by atoms with Gasteiger partial charge in [0.05, 0.1) is 6.61 Å². The molecule has 0 spiro atoms. The van der Waals surface area contributed by atoms with Crippen LogP contribution in [0, 0.1) is 5.92 Å². The van der Waals surface area contributed by atoms with E-state index in [0.29, 0.717) is 12.3 Å². The minimum absolute atomic E-state index is 0.159. The Balaban J connectivity index is 3.38. The van der Waals surface area contributed by atoms with Crippen molar-refractivity contribution in [3.8, 4) is 0 Å². The van der Waals surface area contributed by atoms with E-state index in [1.54, 1.807) is 0 Å². The zero-order valence-electron chi connectivity index (χ0n) is 7.11. The molecular weight excluding hydrogens is 183 g/mol. The Hall–Kier alpha value is 0.540. The first-order chi connectivity index (χ1) is 4.98. The summed E-state index contributed by atoms with van der Waals surface area (Å²) in [6.45, 7) is 4.15. The number of aliphatic hydroxyl groups is 1. The van der Waals surface area contributed by atoms with Gasteiger partial charge in [0, 0.05) is 0 Å². The molecule has 3 heteroatoms. The van der Waals surface area contributed by atoms with Gasteiger partial charge in [0.25, 0.3) is 0 Å². The summed E-state index contributed by atoms with van der Waals surface area (Å²) < 4.78 is -0.922. The molecule has 0 aliphatic rings. The normalized spacial score (nSPS) is 12.5. The Morgan fingerprint density at radius 1 is 1.36 bits per heavy atom. The van der Waals surface area contributed by atoms with Crippen LogP contribution >= 0.6 is 23.2 Å². The van der Waals surface area contributed by atoms with Crippen molar-refractivity contribution in [1.29, 1.82) is 0 Å². The van der Waals surface area contributed by atoms with Crippen molar-refractivity contribution in [2.45, 2.75) is 37.4 Å². The highest BCUT2D eigenvalue weighted by atomic mass is 35.5. The van der Waals surface area contributed by atoms with Gasteiger partial charge in [-0.2, -0.15) is 0 Å². The van der Waals surface area contributed by atoms with Crippen molar-refractivity contribution in [1.82, 2.24) is 0 Å². The van der Waals surface area contributed by atoms with Gasteiger partial charge < -0.3 is 5.11 Å². The average Bonchev–Trinajstić information content (AvgIpc) is 1.87. The van der Waals surface area contributed by atoms with Crippen LogP contribution in [0.25, 0.3) is 0 Å². The van der Waals surface area contributed by atoms with Gasteiger partial charge in [0.1, 0.15) is 4.33 Å². The topological polar surface area (TPSA) is 20.2 Å². The lowest BCUT2D eigenvalue weighted by atomic mass is 10.1. The van der Waals surface area contributed by atoms with E-state index in [-0.39, 0.29) is 6.61 Å². The zero-order chi connectivity index (χ0) is 8.91. The summed E-state index contributed by atoms with van der Waals surface area (Å²) in [6, 6.07) is 0. The first-order valence-electron chi connectivity index (χ1n) is 3.96. The van der Waals surface area contributed by atoms with E-state index in [9.17, 15) is 0 Å². The molecule has 0 atom stereocenters. The van der Waals surface area contributed by atoms with Crippen molar-refractivity contribution in [3.05, 3.63) is 0 Å².